The highest BCUT2D eigenvalue weighted by Gasteiger charge is 2.34. The molecular weight excluding hydrogens is 315 g/mol. The highest BCUT2D eigenvalue weighted by atomic mass is 32.2. The van der Waals surface area contributed by atoms with Crippen molar-refractivity contribution in [3.63, 3.8) is 0 Å². The standard InChI is InChI=1S/C10H14F3N3O2S2/c1-20(17,18)15-7-2-3-16(4-7)5-9-14-8(6-19-9)10(11,12)13/h6-7,15H,2-5H2,1H3/t7-/m1/s1. The van der Waals surface area contributed by atoms with Gasteiger partial charge in [0.1, 0.15) is 5.01 Å². The van der Waals surface area contributed by atoms with Crippen molar-refractivity contribution in [2.75, 3.05) is 19.3 Å². The number of nitrogens with zero attached hydrogens (tertiary/aromatic N) is 2. The van der Waals surface area contributed by atoms with Crippen LogP contribution >= 0.6 is 11.3 Å². The maximum absolute atomic E-state index is 12.4. The van der Waals surface area contributed by atoms with Crippen LogP contribution in [0.4, 0.5) is 13.2 Å². The van der Waals surface area contributed by atoms with Crippen LogP contribution in [0.25, 0.3) is 0 Å². The molecule has 20 heavy (non-hydrogen) atoms. The summed E-state index contributed by atoms with van der Waals surface area (Å²) in [6.45, 7) is 1.42. The monoisotopic (exact) mass is 329 g/mol. The first kappa shape index (κ1) is 15.7. The number of halogens is 3. The number of nitrogens with one attached hydrogen (secondary N) is 1. The van der Waals surface area contributed by atoms with Gasteiger partial charge < -0.3 is 0 Å². The molecule has 1 N–H and O–H groups in total. The van der Waals surface area contributed by atoms with E-state index in [-0.39, 0.29) is 6.04 Å². The SMILES string of the molecule is CS(=O)(=O)N[C@@H]1CCN(Cc2nc(C(F)(F)F)cs2)C1. The Morgan fingerprint density at radius 3 is 2.80 bits per heavy atom. The van der Waals surface area contributed by atoms with Crippen molar-refractivity contribution in [1.29, 1.82) is 0 Å². The van der Waals surface area contributed by atoms with E-state index in [0.29, 0.717) is 31.1 Å². The Balaban J connectivity index is 1.91. The van der Waals surface area contributed by atoms with E-state index < -0.39 is 21.9 Å². The summed E-state index contributed by atoms with van der Waals surface area (Å²) in [5, 5.41) is 1.38. The molecule has 0 unspecified atom stereocenters. The maximum atomic E-state index is 12.4. The van der Waals surface area contributed by atoms with Crippen LogP contribution in [-0.4, -0.2) is 43.7 Å². The molecule has 1 aromatic heterocycles. The highest BCUT2D eigenvalue weighted by molar-refractivity contribution is 7.88. The molecule has 1 saturated heterocycles. The fraction of sp³-hybridized carbons (Fsp3) is 0.700. The van der Waals surface area contributed by atoms with Crippen LogP contribution in [0.1, 0.15) is 17.1 Å². The van der Waals surface area contributed by atoms with Crippen molar-refractivity contribution in [1.82, 2.24) is 14.6 Å². The van der Waals surface area contributed by atoms with E-state index in [1.54, 1.807) is 0 Å². The first-order valence-corrected chi connectivity index (χ1v) is 8.62. The summed E-state index contributed by atoms with van der Waals surface area (Å²) in [5.74, 6) is 0. The molecule has 10 heteroatoms. The number of likely N-dealkylation sites (tertiary alicyclic amines) is 1. The van der Waals surface area contributed by atoms with Crippen LogP contribution in [0, 0.1) is 0 Å². The van der Waals surface area contributed by atoms with Gasteiger partial charge in [0.15, 0.2) is 5.69 Å². The minimum atomic E-state index is -4.42. The van der Waals surface area contributed by atoms with Gasteiger partial charge in [-0.1, -0.05) is 0 Å². The van der Waals surface area contributed by atoms with Crippen LogP contribution < -0.4 is 4.72 Å². The van der Waals surface area contributed by atoms with Gasteiger partial charge in [-0.05, 0) is 6.42 Å². The van der Waals surface area contributed by atoms with Crippen molar-refractivity contribution in [3.8, 4) is 0 Å². The number of rotatable bonds is 4. The molecular formula is C10H14F3N3O2S2. The topological polar surface area (TPSA) is 62.3 Å². The average molecular weight is 329 g/mol. The van der Waals surface area contributed by atoms with Gasteiger partial charge in [-0.15, -0.1) is 11.3 Å². The zero-order valence-electron chi connectivity index (χ0n) is 10.6. The number of thiazole rings is 1. The average Bonchev–Trinajstić information content (AvgIpc) is 2.85. The molecule has 1 aromatic rings. The zero-order chi connectivity index (χ0) is 15.0. The predicted octanol–water partition coefficient (Wildman–Crippen LogP) is 1.29. The first-order valence-electron chi connectivity index (χ1n) is 5.85. The summed E-state index contributed by atoms with van der Waals surface area (Å²) < 4.78 is 61.9. The van der Waals surface area contributed by atoms with E-state index >= 15 is 0 Å². The summed E-state index contributed by atoms with van der Waals surface area (Å²) in [6, 6.07) is -0.188. The summed E-state index contributed by atoms with van der Waals surface area (Å²) in [5.41, 5.74) is -0.873. The Hall–Kier alpha value is -0.710. The predicted molar refractivity (Wildman–Crippen MR) is 68.8 cm³/mol. The maximum Gasteiger partial charge on any atom is 0.434 e. The molecule has 1 aliphatic rings. The summed E-state index contributed by atoms with van der Waals surface area (Å²) in [7, 11) is -3.26. The molecule has 0 amide bonds. The number of alkyl halides is 3. The minimum absolute atomic E-state index is 0.188. The van der Waals surface area contributed by atoms with Crippen LogP contribution in [0.15, 0.2) is 5.38 Å². The Morgan fingerprint density at radius 2 is 2.25 bits per heavy atom. The van der Waals surface area contributed by atoms with E-state index in [2.05, 4.69) is 9.71 Å². The molecule has 0 aromatic carbocycles. The van der Waals surface area contributed by atoms with Crippen LogP contribution in [0.5, 0.6) is 0 Å². The third kappa shape index (κ3) is 4.40. The lowest BCUT2D eigenvalue weighted by atomic mass is 10.3. The lowest BCUT2D eigenvalue weighted by Crippen LogP contribution is -2.36. The summed E-state index contributed by atoms with van der Waals surface area (Å²) in [4.78, 5) is 5.45. The zero-order valence-corrected chi connectivity index (χ0v) is 12.3. The summed E-state index contributed by atoms with van der Waals surface area (Å²) in [6.07, 6.45) is -2.68. The van der Waals surface area contributed by atoms with Crippen LogP contribution in [-0.2, 0) is 22.7 Å². The van der Waals surface area contributed by atoms with Crippen LogP contribution in [0.2, 0.25) is 0 Å². The Bertz CT molecular complexity index is 571. The van der Waals surface area contributed by atoms with Gasteiger partial charge in [-0.2, -0.15) is 13.2 Å². The van der Waals surface area contributed by atoms with Crippen molar-refractivity contribution in [2.24, 2.45) is 0 Å². The fourth-order valence-electron chi connectivity index (χ4n) is 2.08. The minimum Gasteiger partial charge on any atom is -0.295 e. The first-order chi connectivity index (χ1) is 9.13. The van der Waals surface area contributed by atoms with Gasteiger partial charge in [-0.25, -0.2) is 18.1 Å². The molecule has 0 aliphatic carbocycles. The molecule has 0 saturated carbocycles. The molecule has 1 aliphatic heterocycles. The third-order valence-electron chi connectivity index (χ3n) is 2.85. The second-order valence-electron chi connectivity index (χ2n) is 4.73. The van der Waals surface area contributed by atoms with Gasteiger partial charge in [-0.3, -0.25) is 4.90 Å². The van der Waals surface area contributed by atoms with Gasteiger partial charge in [0.05, 0.1) is 12.8 Å². The smallest absolute Gasteiger partial charge is 0.295 e. The second-order valence-corrected chi connectivity index (χ2v) is 7.46. The lowest BCUT2D eigenvalue weighted by molar-refractivity contribution is -0.140. The molecule has 0 spiro atoms. The molecule has 1 fully saturated rings. The van der Waals surface area contributed by atoms with Crippen molar-refractivity contribution in [3.05, 3.63) is 16.1 Å². The van der Waals surface area contributed by atoms with E-state index in [9.17, 15) is 21.6 Å². The number of hydrogen-bond acceptors (Lipinski definition) is 5. The summed E-state index contributed by atoms with van der Waals surface area (Å²) >= 11 is 0.966. The Labute approximate surface area is 118 Å². The second kappa shape index (κ2) is 5.58. The molecule has 2 heterocycles. The van der Waals surface area contributed by atoms with Crippen molar-refractivity contribution >= 4 is 21.4 Å². The molecule has 2 rings (SSSR count). The Morgan fingerprint density at radius 1 is 1.55 bits per heavy atom. The molecule has 0 bridgehead atoms. The fourth-order valence-corrected chi connectivity index (χ4v) is 3.72. The lowest BCUT2D eigenvalue weighted by Gasteiger charge is -2.14. The largest absolute Gasteiger partial charge is 0.434 e. The van der Waals surface area contributed by atoms with Gasteiger partial charge >= 0.3 is 6.18 Å². The quantitative estimate of drug-likeness (QED) is 0.904. The molecule has 0 radical (unpaired) electrons. The third-order valence-corrected chi connectivity index (χ3v) is 4.45. The molecule has 114 valence electrons. The molecule has 5 nitrogen and oxygen atoms in total. The Kier molecular flexibility index (Phi) is 4.38. The van der Waals surface area contributed by atoms with E-state index in [1.807, 2.05) is 4.90 Å². The number of hydrogen-bond donors (Lipinski definition) is 1. The van der Waals surface area contributed by atoms with Gasteiger partial charge in [0.25, 0.3) is 0 Å². The normalized spacial score (nSPS) is 21.5. The van der Waals surface area contributed by atoms with Gasteiger partial charge in [0.2, 0.25) is 10.0 Å². The van der Waals surface area contributed by atoms with Crippen molar-refractivity contribution in [2.45, 2.75) is 25.2 Å². The molecule has 1 atom stereocenters. The van der Waals surface area contributed by atoms with E-state index in [0.717, 1.165) is 23.0 Å². The van der Waals surface area contributed by atoms with Gasteiger partial charge in [0, 0.05) is 24.5 Å². The highest BCUT2D eigenvalue weighted by Crippen LogP contribution is 2.30. The number of aromatic nitrogens is 1. The van der Waals surface area contributed by atoms with Crippen LogP contribution in [0.3, 0.4) is 0 Å². The van der Waals surface area contributed by atoms with Crippen molar-refractivity contribution < 1.29 is 21.6 Å². The van der Waals surface area contributed by atoms with E-state index in [1.165, 1.54) is 0 Å². The van der Waals surface area contributed by atoms with E-state index in [4.69, 9.17) is 0 Å². The number of sulfonamides is 1.